The molecule has 0 aliphatic carbocycles. The monoisotopic (exact) mass is 580 g/mol. The van der Waals surface area contributed by atoms with Gasteiger partial charge < -0.3 is 10.1 Å². The molecule has 1 aliphatic heterocycles. The van der Waals surface area contributed by atoms with E-state index in [9.17, 15) is 9.00 Å². The standard InChI is InChI=1S/C16H19ClOS.C11H18N4O3S/c1-4-13-6-5-9-18-16(14(13)10-11(2)17)15-8-7-12(3)19-15;1-2-9(7-18-19(12)17)3-4-14-11-10(6-16)5-13-8-15-11/h4,7-8,10,16H,1,5-6,9H2,2-3H3;5-6,8-9H,2-4,7,12H2,1H3,(H,13,14,15)/b11-10+;. The normalized spacial score (nSPS) is 17.6. The number of carbonyl (C=O) groups excluding carboxylic acids is 1. The number of aldehydes is 1. The molecule has 0 bridgehead atoms. The van der Waals surface area contributed by atoms with Gasteiger partial charge in [0.15, 0.2) is 6.29 Å². The Hall–Kier alpha value is -2.21. The highest BCUT2D eigenvalue weighted by Crippen LogP contribution is 2.37. The maximum atomic E-state index is 10.8. The molecule has 11 heteroatoms. The van der Waals surface area contributed by atoms with Gasteiger partial charge in [0.1, 0.15) is 18.2 Å². The molecule has 3 unspecified atom stereocenters. The third-order valence-corrected chi connectivity index (χ3v) is 7.38. The number of halogens is 1. The molecule has 0 amide bonds. The molecule has 3 rings (SSSR count). The minimum Gasteiger partial charge on any atom is -0.369 e. The van der Waals surface area contributed by atoms with Crippen LogP contribution in [0.25, 0.3) is 0 Å². The van der Waals surface area contributed by atoms with Crippen molar-refractivity contribution in [2.24, 2.45) is 11.1 Å². The Balaban J connectivity index is 0.000000267. The summed E-state index contributed by atoms with van der Waals surface area (Å²) in [5, 5.41) is 8.88. The quantitative estimate of drug-likeness (QED) is 0.287. The summed E-state index contributed by atoms with van der Waals surface area (Å²) >= 11 is 6.14. The number of allylic oxidation sites excluding steroid dienone is 3. The van der Waals surface area contributed by atoms with Crippen molar-refractivity contribution in [3.8, 4) is 0 Å². The average Bonchev–Trinajstić information content (AvgIpc) is 3.23. The third kappa shape index (κ3) is 10.9. The van der Waals surface area contributed by atoms with Crippen LogP contribution in [-0.4, -0.2) is 40.2 Å². The van der Waals surface area contributed by atoms with E-state index in [1.807, 2.05) is 26.0 Å². The molecular formula is C27H37ClN4O4S2. The van der Waals surface area contributed by atoms with Crippen LogP contribution < -0.4 is 10.5 Å². The van der Waals surface area contributed by atoms with Gasteiger partial charge in [-0.1, -0.05) is 37.6 Å². The molecule has 3 atom stereocenters. The Labute approximate surface area is 237 Å². The lowest BCUT2D eigenvalue weighted by atomic mass is 9.98. The number of aromatic nitrogens is 2. The van der Waals surface area contributed by atoms with Crippen LogP contribution in [0.2, 0.25) is 0 Å². The van der Waals surface area contributed by atoms with Crippen molar-refractivity contribution >= 4 is 46.3 Å². The molecule has 0 spiro atoms. The maximum Gasteiger partial charge on any atom is 0.231 e. The Bertz CT molecular complexity index is 1130. The fourth-order valence-electron chi connectivity index (χ4n) is 3.84. The lowest BCUT2D eigenvalue weighted by Gasteiger charge is -2.17. The first kappa shape index (κ1) is 32.0. The molecule has 0 aromatic carbocycles. The van der Waals surface area contributed by atoms with E-state index in [1.54, 1.807) is 11.3 Å². The second-order valence-electron chi connectivity index (χ2n) is 8.70. The number of aryl methyl sites for hydroxylation is 1. The lowest BCUT2D eigenvalue weighted by Crippen LogP contribution is -2.18. The highest BCUT2D eigenvalue weighted by Gasteiger charge is 2.23. The summed E-state index contributed by atoms with van der Waals surface area (Å²) < 4.78 is 21.6. The highest BCUT2D eigenvalue weighted by molar-refractivity contribution is 7.77. The number of carbonyl (C=O) groups is 1. The minimum atomic E-state index is -1.72. The number of ether oxygens (including phenoxy) is 1. The Morgan fingerprint density at radius 1 is 1.47 bits per heavy atom. The lowest BCUT2D eigenvalue weighted by molar-refractivity contribution is 0.0854. The van der Waals surface area contributed by atoms with E-state index in [0.717, 1.165) is 42.9 Å². The molecule has 2 aromatic heterocycles. The molecule has 0 fully saturated rings. The summed E-state index contributed by atoms with van der Waals surface area (Å²) in [6.45, 7) is 11.7. The second-order valence-corrected chi connectivity index (χ2v) is 11.4. The maximum absolute atomic E-state index is 10.8. The molecule has 208 valence electrons. The summed E-state index contributed by atoms with van der Waals surface area (Å²) in [5.74, 6) is 0.768. The zero-order valence-electron chi connectivity index (χ0n) is 22.2. The van der Waals surface area contributed by atoms with E-state index in [4.69, 9.17) is 25.7 Å². The zero-order chi connectivity index (χ0) is 27.9. The minimum absolute atomic E-state index is 0.0112. The molecule has 38 heavy (non-hydrogen) atoms. The molecule has 3 N–H and O–H groups in total. The van der Waals surface area contributed by atoms with E-state index in [0.29, 0.717) is 30.8 Å². The van der Waals surface area contributed by atoms with Gasteiger partial charge in [0.25, 0.3) is 0 Å². The number of hydrogen-bond acceptors (Lipinski definition) is 8. The van der Waals surface area contributed by atoms with Crippen molar-refractivity contribution < 1.29 is 17.9 Å². The van der Waals surface area contributed by atoms with Crippen LogP contribution >= 0.6 is 22.9 Å². The van der Waals surface area contributed by atoms with Gasteiger partial charge in [-0.3, -0.25) is 8.98 Å². The van der Waals surface area contributed by atoms with Crippen LogP contribution in [-0.2, 0) is 20.2 Å². The number of rotatable bonds is 12. The van der Waals surface area contributed by atoms with Crippen molar-refractivity contribution in [2.45, 2.75) is 52.6 Å². The van der Waals surface area contributed by atoms with Gasteiger partial charge in [0.05, 0.1) is 12.2 Å². The smallest absolute Gasteiger partial charge is 0.231 e. The summed E-state index contributed by atoms with van der Waals surface area (Å²) in [6.07, 6.45) is 11.2. The van der Waals surface area contributed by atoms with Crippen LogP contribution in [0.1, 0.15) is 65.7 Å². The number of nitrogens with zero attached hydrogens (tertiary/aromatic N) is 2. The van der Waals surface area contributed by atoms with Gasteiger partial charge in [-0.15, -0.1) is 11.3 Å². The highest BCUT2D eigenvalue weighted by atomic mass is 35.5. The van der Waals surface area contributed by atoms with Gasteiger partial charge >= 0.3 is 0 Å². The van der Waals surface area contributed by atoms with Gasteiger partial charge in [0, 0.05) is 34.1 Å². The van der Waals surface area contributed by atoms with E-state index >= 15 is 0 Å². The van der Waals surface area contributed by atoms with Crippen molar-refractivity contribution in [1.82, 2.24) is 9.97 Å². The van der Waals surface area contributed by atoms with Crippen LogP contribution in [0, 0.1) is 12.8 Å². The van der Waals surface area contributed by atoms with Crippen molar-refractivity contribution in [2.75, 3.05) is 25.1 Å². The van der Waals surface area contributed by atoms with E-state index < -0.39 is 11.3 Å². The Morgan fingerprint density at radius 3 is 2.87 bits per heavy atom. The summed E-state index contributed by atoms with van der Waals surface area (Å²) in [7, 11) is 0. The number of hydrogen-bond donors (Lipinski definition) is 2. The topological polar surface area (TPSA) is 116 Å². The van der Waals surface area contributed by atoms with Crippen LogP contribution in [0.4, 0.5) is 5.82 Å². The van der Waals surface area contributed by atoms with Crippen molar-refractivity contribution in [3.05, 3.63) is 74.9 Å². The zero-order valence-corrected chi connectivity index (χ0v) is 24.5. The predicted molar refractivity (Wildman–Crippen MR) is 156 cm³/mol. The van der Waals surface area contributed by atoms with E-state index in [1.165, 1.54) is 27.9 Å². The molecule has 3 heterocycles. The van der Waals surface area contributed by atoms with Gasteiger partial charge in [-0.25, -0.2) is 19.3 Å². The van der Waals surface area contributed by atoms with Crippen molar-refractivity contribution in [3.63, 3.8) is 0 Å². The van der Waals surface area contributed by atoms with Gasteiger partial charge in [-0.05, 0) is 68.4 Å². The number of nitrogens with two attached hydrogens (primary N) is 1. The summed E-state index contributed by atoms with van der Waals surface area (Å²) in [5.41, 5.74) is 2.82. The first-order valence-corrected chi connectivity index (χ1v) is 14.8. The first-order chi connectivity index (χ1) is 18.3. The molecule has 8 nitrogen and oxygen atoms in total. The molecule has 0 saturated heterocycles. The van der Waals surface area contributed by atoms with Gasteiger partial charge in [-0.2, -0.15) is 0 Å². The number of nitrogens with one attached hydrogen (secondary N) is 1. The predicted octanol–water partition coefficient (Wildman–Crippen LogP) is 6.20. The van der Waals surface area contributed by atoms with E-state index in [2.05, 4.69) is 40.9 Å². The van der Waals surface area contributed by atoms with Crippen LogP contribution in [0.15, 0.2) is 59.6 Å². The fourth-order valence-corrected chi connectivity index (χ4v) is 5.23. The van der Waals surface area contributed by atoms with E-state index in [-0.39, 0.29) is 12.0 Å². The number of thiophene rings is 1. The van der Waals surface area contributed by atoms with Crippen LogP contribution in [0.3, 0.4) is 0 Å². The summed E-state index contributed by atoms with van der Waals surface area (Å²) in [6, 6.07) is 4.28. The SMILES string of the molecule is C=CC1=C(/C=C(\C)Cl)C(c2ccc(C)s2)OCCC1.CCC(CCNc1ncncc1C=O)COS(N)=O. The third-order valence-electron chi connectivity index (χ3n) is 5.86. The molecule has 0 radical (unpaired) electrons. The first-order valence-electron chi connectivity index (χ1n) is 12.4. The Morgan fingerprint density at radius 2 is 2.26 bits per heavy atom. The van der Waals surface area contributed by atoms with Crippen molar-refractivity contribution in [1.29, 1.82) is 0 Å². The average molecular weight is 581 g/mol. The molecule has 2 aromatic rings. The molecule has 1 aliphatic rings. The molecular weight excluding hydrogens is 544 g/mol. The summed E-state index contributed by atoms with van der Waals surface area (Å²) in [4.78, 5) is 21.1. The largest absolute Gasteiger partial charge is 0.369 e. The molecule has 0 saturated carbocycles. The fraction of sp³-hybridized carbons (Fsp3) is 0.444. The number of anilines is 1. The van der Waals surface area contributed by atoms with Gasteiger partial charge in [0.2, 0.25) is 11.3 Å². The second kappa shape index (κ2) is 17.4. The Kier molecular flexibility index (Phi) is 14.6. The van der Waals surface area contributed by atoms with Crippen LogP contribution in [0.5, 0.6) is 0 Å².